The molecule has 1 aliphatic carbocycles. The third kappa shape index (κ3) is 5.86. The number of rotatable bonds is 8. The van der Waals surface area contributed by atoms with E-state index in [1.807, 2.05) is 13.0 Å². The van der Waals surface area contributed by atoms with Crippen LogP contribution in [-0.4, -0.2) is 53.6 Å². The van der Waals surface area contributed by atoms with E-state index in [9.17, 15) is 13.9 Å². The Bertz CT molecular complexity index is 1380. The summed E-state index contributed by atoms with van der Waals surface area (Å²) in [6.45, 7) is -0.888. The van der Waals surface area contributed by atoms with E-state index < -0.39 is 12.2 Å². The number of alkyl halides is 2. The highest BCUT2D eigenvalue weighted by atomic mass is 19.3. The lowest BCUT2D eigenvalue weighted by atomic mass is 9.83. The molecule has 5 rings (SSSR count). The molecule has 0 saturated heterocycles. The van der Waals surface area contributed by atoms with Crippen molar-refractivity contribution in [3.05, 3.63) is 55.1 Å². The molecule has 0 bridgehead atoms. The average Bonchev–Trinajstić information content (AvgIpc) is 3.41. The maximum Gasteiger partial charge on any atom is 0.333 e. The molecule has 0 radical (unpaired) electrons. The molecular formula is C26H28F2N8O2. The van der Waals surface area contributed by atoms with Crippen molar-refractivity contribution in [1.82, 2.24) is 29.7 Å². The van der Waals surface area contributed by atoms with Gasteiger partial charge in [0.25, 0.3) is 0 Å². The minimum Gasteiger partial charge on any atom is -0.481 e. The van der Waals surface area contributed by atoms with Gasteiger partial charge >= 0.3 is 6.55 Å². The third-order valence-corrected chi connectivity index (χ3v) is 6.53. The Kier molecular flexibility index (Phi) is 7.14. The Balaban J connectivity index is 1.41. The molecule has 1 aliphatic rings. The lowest BCUT2D eigenvalue weighted by Gasteiger charge is -2.34. The van der Waals surface area contributed by atoms with Crippen LogP contribution in [-0.2, 0) is 0 Å². The minimum atomic E-state index is -2.73. The van der Waals surface area contributed by atoms with E-state index in [2.05, 4.69) is 35.7 Å². The molecular weight excluding hydrogens is 494 g/mol. The van der Waals surface area contributed by atoms with Gasteiger partial charge in [-0.15, -0.1) is 0 Å². The summed E-state index contributed by atoms with van der Waals surface area (Å²) in [5.74, 6) is 2.00. The van der Waals surface area contributed by atoms with Gasteiger partial charge in [-0.2, -0.15) is 13.9 Å². The number of pyridine rings is 2. The summed E-state index contributed by atoms with van der Waals surface area (Å²) in [6.07, 6.45) is 8.98. The molecule has 1 saturated carbocycles. The van der Waals surface area contributed by atoms with Crippen molar-refractivity contribution in [2.75, 3.05) is 17.7 Å². The van der Waals surface area contributed by atoms with Crippen molar-refractivity contribution in [3.63, 3.8) is 0 Å². The summed E-state index contributed by atoms with van der Waals surface area (Å²) in [4.78, 5) is 17.6. The van der Waals surface area contributed by atoms with Gasteiger partial charge in [-0.3, -0.25) is 0 Å². The maximum absolute atomic E-state index is 13.2. The number of nitrogens with one attached hydrogen (secondary N) is 2. The molecule has 0 amide bonds. The van der Waals surface area contributed by atoms with Gasteiger partial charge in [0.15, 0.2) is 5.82 Å². The second-order valence-electron chi connectivity index (χ2n) is 9.47. The number of aromatic nitrogens is 6. The SMILES string of the molecule is COc1ccc(-c2nccc(Nc3cc(NC4CCC(C)(O)CC4)c(-c4ccn(C(F)F)n4)cn3)n2)cn1. The van der Waals surface area contributed by atoms with E-state index in [1.165, 1.54) is 12.3 Å². The molecule has 38 heavy (non-hydrogen) atoms. The molecule has 3 N–H and O–H groups in total. The second kappa shape index (κ2) is 10.7. The first-order chi connectivity index (χ1) is 18.3. The first kappa shape index (κ1) is 25.5. The predicted octanol–water partition coefficient (Wildman–Crippen LogP) is 5.05. The number of hydrogen-bond donors (Lipinski definition) is 3. The second-order valence-corrected chi connectivity index (χ2v) is 9.47. The van der Waals surface area contributed by atoms with Crippen molar-refractivity contribution in [3.8, 4) is 28.5 Å². The third-order valence-electron chi connectivity index (χ3n) is 6.53. The Morgan fingerprint density at radius 3 is 2.58 bits per heavy atom. The number of nitrogens with zero attached hydrogens (tertiary/aromatic N) is 6. The molecule has 10 nitrogen and oxygen atoms in total. The quantitative estimate of drug-likeness (QED) is 0.292. The van der Waals surface area contributed by atoms with E-state index >= 15 is 0 Å². The van der Waals surface area contributed by atoms with E-state index in [-0.39, 0.29) is 6.04 Å². The summed E-state index contributed by atoms with van der Waals surface area (Å²) in [6, 6.07) is 8.72. The molecule has 4 aromatic heterocycles. The van der Waals surface area contributed by atoms with Crippen LogP contribution >= 0.6 is 0 Å². The molecule has 1 fully saturated rings. The van der Waals surface area contributed by atoms with Crippen LogP contribution in [0.2, 0.25) is 0 Å². The van der Waals surface area contributed by atoms with Crippen LogP contribution in [0.3, 0.4) is 0 Å². The topological polar surface area (TPSA) is 123 Å². The zero-order valence-corrected chi connectivity index (χ0v) is 21.0. The van der Waals surface area contributed by atoms with Gasteiger partial charge in [0.05, 0.1) is 18.4 Å². The van der Waals surface area contributed by atoms with Crippen LogP contribution in [0.25, 0.3) is 22.6 Å². The van der Waals surface area contributed by atoms with Crippen LogP contribution < -0.4 is 15.4 Å². The van der Waals surface area contributed by atoms with Gasteiger partial charge in [-0.25, -0.2) is 24.6 Å². The molecule has 12 heteroatoms. The van der Waals surface area contributed by atoms with Crippen molar-refractivity contribution in [2.45, 2.75) is 50.8 Å². The zero-order chi connectivity index (χ0) is 26.7. The Hall–Kier alpha value is -4.19. The Labute approximate surface area is 218 Å². The Morgan fingerprint density at radius 2 is 1.89 bits per heavy atom. The number of methoxy groups -OCH3 is 1. The molecule has 4 heterocycles. The van der Waals surface area contributed by atoms with E-state index in [4.69, 9.17) is 4.74 Å². The van der Waals surface area contributed by atoms with Gasteiger partial charge in [0.2, 0.25) is 5.88 Å². The molecule has 4 aromatic rings. The van der Waals surface area contributed by atoms with Crippen LogP contribution in [0.15, 0.2) is 55.1 Å². The largest absolute Gasteiger partial charge is 0.481 e. The van der Waals surface area contributed by atoms with Crippen LogP contribution in [0.4, 0.5) is 26.1 Å². The Morgan fingerprint density at radius 1 is 1.08 bits per heavy atom. The standard InChI is InChI=1S/C26H28F2N8O2/c1-26(37)9-5-17(6-10-26)32-20-13-22(30-15-18(20)19-8-12-36(35-19)25(27)28)33-21-7-11-29-24(34-21)16-3-4-23(38-2)31-14-16/h3-4,7-8,11-15,17,25,37H,5-6,9-10H2,1-2H3,(H2,29,30,32,33,34). The average molecular weight is 523 g/mol. The highest BCUT2D eigenvalue weighted by Crippen LogP contribution is 2.34. The van der Waals surface area contributed by atoms with E-state index in [0.29, 0.717) is 57.8 Å². The van der Waals surface area contributed by atoms with Crippen LogP contribution in [0, 0.1) is 0 Å². The highest BCUT2D eigenvalue weighted by molar-refractivity contribution is 5.78. The summed E-state index contributed by atoms with van der Waals surface area (Å²) in [7, 11) is 1.55. The predicted molar refractivity (Wildman–Crippen MR) is 138 cm³/mol. The van der Waals surface area contributed by atoms with Crippen molar-refractivity contribution in [2.24, 2.45) is 0 Å². The van der Waals surface area contributed by atoms with Crippen molar-refractivity contribution < 1.29 is 18.6 Å². The number of halogens is 2. The normalized spacial score (nSPS) is 19.4. The highest BCUT2D eigenvalue weighted by Gasteiger charge is 2.29. The summed E-state index contributed by atoms with van der Waals surface area (Å²) >= 11 is 0. The molecule has 0 aliphatic heterocycles. The fraction of sp³-hybridized carbons (Fsp3) is 0.346. The summed E-state index contributed by atoms with van der Waals surface area (Å²) in [5, 5.41) is 21.1. The first-order valence-corrected chi connectivity index (χ1v) is 12.2. The maximum atomic E-state index is 13.2. The minimum absolute atomic E-state index is 0.106. The lowest BCUT2D eigenvalue weighted by Crippen LogP contribution is -2.35. The molecule has 0 atom stereocenters. The molecule has 198 valence electrons. The summed E-state index contributed by atoms with van der Waals surface area (Å²) in [5.41, 5.74) is 1.72. The number of hydrogen-bond acceptors (Lipinski definition) is 9. The molecule has 0 unspecified atom stereocenters. The number of anilines is 3. The van der Waals surface area contributed by atoms with Gasteiger partial charge < -0.3 is 20.5 Å². The van der Waals surface area contributed by atoms with Gasteiger partial charge in [0, 0.05) is 59.8 Å². The monoisotopic (exact) mass is 522 g/mol. The smallest absolute Gasteiger partial charge is 0.333 e. The van der Waals surface area contributed by atoms with Crippen LogP contribution in [0.5, 0.6) is 5.88 Å². The summed E-state index contributed by atoms with van der Waals surface area (Å²) < 4.78 is 32.0. The van der Waals surface area contributed by atoms with Crippen molar-refractivity contribution in [1.29, 1.82) is 0 Å². The van der Waals surface area contributed by atoms with Crippen molar-refractivity contribution >= 4 is 17.3 Å². The number of ether oxygens (including phenoxy) is 1. The number of aliphatic hydroxyl groups is 1. The van der Waals surface area contributed by atoms with Crippen LogP contribution in [0.1, 0.15) is 39.2 Å². The fourth-order valence-electron chi connectivity index (χ4n) is 4.37. The van der Waals surface area contributed by atoms with Gasteiger partial charge in [0.1, 0.15) is 11.6 Å². The lowest BCUT2D eigenvalue weighted by molar-refractivity contribution is 0.0196. The molecule has 0 spiro atoms. The molecule has 0 aromatic carbocycles. The zero-order valence-electron chi connectivity index (χ0n) is 21.0. The van der Waals surface area contributed by atoms with Gasteiger partial charge in [-0.1, -0.05) is 0 Å². The van der Waals surface area contributed by atoms with Gasteiger partial charge in [-0.05, 0) is 50.8 Å². The van der Waals surface area contributed by atoms with E-state index in [0.717, 1.165) is 18.4 Å². The first-order valence-electron chi connectivity index (χ1n) is 12.2. The van der Waals surface area contributed by atoms with E-state index in [1.54, 1.807) is 43.9 Å². The fourth-order valence-corrected chi connectivity index (χ4v) is 4.37.